The smallest absolute Gasteiger partial charge is 0.337 e. The van der Waals surface area contributed by atoms with Crippen molar-refractivity contribution in [3.05, 3.63) is 35.8 Å². The van der Waals surface area contributed by atoms with E-state index in [0.29, 0.717) is 5.56 Å². The molecular formula is C12H14N2O2. The molecule has 16 heavy (non-hydrogen) atoms. The Morgan fingerprint density at radius 1 is 1.50 bits per heavy atom. The molecule has 1 N–H and O–H groups in total. The Morgan fingerprint density at radius 2 is 2.31 bits per heavy atom. The van der Waals surface area contributed by atoms with Gasteiger partial charge in [-0.05, 0) is 25.0 Å². The van der Waals surface area contributed by atoms with Crippen molar-refractivity contribution in [2.45, 2.75) is 26.2 Å². The van der Waals surface area contributed by atoms with Crippen molar-refractivity contribution in [2.24, 2.45) is 0 Å². The van der Waals surface area contributed by atoms with E-state index in [1.807, 2.05) is 10.6 Å². The second kappa shape index (κ2) is 4.35. The first-order valence-electron chi connectivity index (χ1n) is 5.41. The van der Waals surface area contributed by atoms with Crippen LogP contribution in [0.5, 0.6) is 0 Å². The van der Waals surface area contributed by atoms with Gasteiger partial charge < -0.3 is 9.51 Å². The highest BCUT2D eigenvalue weighted by Gasteiger charge is 2.07. The minimum absolute atomic E-state index is 0.295. The van der Waals surface area contributed by atoms with Gasteiger partial charge in [-0.2, -0.15) is 0 Å². The molecule has 0 spiro atoms. The molecule has 0 amide bonds. The number of hydrogen-bond donors (Lipinski definition) is 1. The third-order valence-corrected chi connectivity index (χ3v) is 2.62. The number of rotatable bonds is 4. The molecule has 2 rings (SSSR count). The second-order valence-electron chi connectivity index (χ2n) is 3.80. The number of aromatic carboxylic acids is 1. The van der Waals surface area contributed by atoms with Gasteiger partial charge in [0.05, 0.1) is 5.56 Å². The van der Waals surface area contributed by atoms with Crippen molar-refractivity contribution < 1.29 is 9.90 Å². The van der Waals surface area contributed by atoms with Gasteiger partial charge >= 0.3 is 5.97 Å². The number of fused-ring (bicyclic) bond motifs is 1. The second-order valence-corrected chi connectivity index (χ2v) is 3.80. The van der Waals surface area contributed by atoms with Crippen LogP contribution < -0.4 is 0 Å². The standard InChI is InChI=1S/C12H14N2O2/c1-2-3-4-10-7-13-11-6-5-9(12(15)16)8-14(10)11/h5-8H,2-4H2,1H3,(H,15,16). The highest BCUT2D eigenvalue weighted by Crippen LogP contribution is 2.11. The fraction of sp³-hybridized carbons (Fsp3) is 0.333. The topological polar surface area (TPSA) is 54.6 Å². The molecule has 0 saturated heterocycles. The van der Waals surface area contributed by atoms with E-state index in [0.717, 1.165) is 30.6 Å². The molecule has 0 bridgehead atoms. The normalized spacial score (nSPS) is 10.8. The number of carbonyl (C=O) groups is 1. The van der Waals surface area contributed by atoms with Gasteiger partial charge in [0.25, 0.3) is 0 Å². The van der Waals surface area contributed by atoms with Crippen molar-refractivity contribution in [1.82, 2.24) is 9.38 Å². The molecule has 0 aliphatic heterocycles. The van der Waals surface area contributed by atoms with Crippen molar-refractivity contribution in [2.75, 3.05) is 0 Å². The first-order valence-corrected chi connectivity index (χ1v) is 5.41. The van der Waals surface area contributed by atoms with E-state index in [4.69, 9.17) is 5.11 Å². The van der Waals surface area contributed by atoms with Crippen LogP contribution in [0.25, 0.3) is 5.65 Å². The Hall–Kier alpha value is -1.84. The van der Waals surface area contributed by atoms with Crippen LogP contribution in [-0.2, 0) is 6.42 Å². The molecule has 2 heterocycles. The first-order chi connectivity index (χ1) is 7.72. The molecule has 0 aliphatic rings. The molecule has 0 aliphatic carbocycles. The van der Waals surface area contributed by atoms with Crippen LogP contribution in [0, 0.1) is 0 Å². The van der Waals surface area contributed by atoms with Gasteiger partial charge in [-0.1, -0.05) is 13.3 Å². The molecular weight excluding hydrogens is 204 g/mol. The van der Waals surface area contributed by atoms with Gasteiger partial charge in [-0.3, -0.25) is 0 Å². The fourth-order valence-electron chi connectivity index (χ4n) is 1.70. The van der Waals surface area contributed by atoms with E-state index in [2.05, 4.69) is 11.9 Å². The lowest BCUT2D eigenvalue weighted by molar-refractivity contribution is 0.0696. The van der Waals surface area contributed by atoms with Crippen molar-refractivity contribution in [1.29, 1.82) is 0 Å². The van der Waals surface area contributed by atoms with Crippen LogP contribution in [0.3, 0.4) is 0 Å². The first kappa shape index (κ1) is 10.7. The summed E-state index contributed by atoms with van der Waals surface area (Å²) in [5.74, 6) is -0.906. The molecule has 0 fully saturated rings. The van der Waals surface area contributed by atoms with Gasteiger partial charge in [0.2, 0.25) is 0 Å². The van der Waals surface area contributed by atoms with Crippen LogP contribution >= 0.6 is 0 Å². The number of carboxylic acids is 1. The Kier molecular flexibility index (Phi) is 2.90. The molecule has 0 atom stereocenters. The van der Waals surface area contributed by atoms with Crippen molar-refractivity contribution in [3.63, 3.8) is 0 Å². The predicted molar refractivity (Wildman–Crippen MR) is 60.8 cm³/mol. The van der Waals surface area contributed by atoms with Gasteiger partial charge in [-0.25, -0.2) is 9.78 Å². The summed E-state index contributed by atoms with van der Waals surface area (Å²) in [6.07, 6.45) is 6.59. The molecule has 0 radical (unpaired) electrons. The van der Waals surface area contributed by atoms with E-state index in [1.54, 1.807) is 18.3 Å². The largest absolute Gasteiger partial charge is 0.478 e. The molecule has 0 aromatic carbocycles. The number of unbranched alkanes of at least 4 members (excludes halogenated alkanes) is 1. The minimum Gasteiger partial charge on any atom is -0.478 e. The Labute approximate surface area is 93.5 Å². The Bertz CT molecular complexity index is 517. The number of imidazole rings is 1. The third kappa shape index (κ3) is 1.91. The molecule has 2 aromatic heterocycles. The summed E-state index contributed by atoms with van der Waals surface area (Å²) in [5, 5.41) is 8.92. The van der Waals surface area contributed by atoms with Crippen LogP contribution in [0.2, 0.25) is 0 Å². The molecule has 2 aromatic rings. The zero-order valence-electron chi connectivity index (χ0n) is 9.18. The van der Waals surface area contributed by atoms with E-state index in [9.17, 15) is 4.79 Å². The van der Waals surface area contributed by atoms with Crippen LogP contribution in [0.1, 0.15) is 35.8 Å². The molecule has 4 heteroatoms. The molecule has 4 nitrogen and oxygen atoms in total. The molecule has 0 unspecified atom stereocenters. The summed E-state index contributed by atoms with van der Waals surface area (Å²) in [7, 11) is 0. The lowest BCUT2D eigenvalue weighted by atomic mass is 10.2. The lowest BCUT2D eigenvalue weighted by Gasteiger charge is -2.01. The summed E-state index contributed by atoms with van der Waals surface area (Å²) in [6, 6.07) is 3.31. The summed E-state index contributed by atoms with van der Waals surface area (Å²) in [6.45, 7) is 2.13. The average molecular weight is 218 g/mol. The number of pyridine rings is 1. The third-order valence-electron chi connectivity index (χ3n) is 2.62. The highest BCUT2D eigenvalue weighted by atomic mass is 16.4. The summed E-state index contributed by atoms with van der Waals surface area (Å²) in [4.78, 5) is 15.1. The van der Waals surface area contributed by atoms with Gasteiger partial charge in [0.1, 0.15) is 5.65 Å². The number of hydrogen-bond acceptors (Lipinski definition) is 2. The molecule has 0 saturated carbocycles. The monoisotopic (exact) mass is 218 g/mol. The van der Waals surface area contributed by atoms with E-state index in [-0.39, 0.29) is 0 Å². The number of aryl methyl sites for hydroxylation is 1. The Balaban J connectivity index is 2.43. The van der Waals surface area contributed by atoms with Gasteiger partial charge in [0.15, 0.2) is 0 Å². The zero-order valence-corrected chi connectivity index (χ0v) is 9.18. The summed E-state index contributed by atoms with van der Waals surface area (Å²) in [5.41, 5.74) is 2.17. The molecule has 84 valence electrons. The highest BCUT2D eigenvalue weighted by molar-refractivity contribution is 5.87. The van der Waals surface area contributed by atoms with Gasteiger partial charge in [-0.15, -0.1) is 0 Å². The minimum atomic E-state index is -0.906. The quantitative estimate of drug-likeness (QED) is 0.857. The van der Waals surface area contributed by atoms with E-state index >= 15 is 0 Å². The van der Waals surface area contributed by atoms with E-state index < -0.39 is 5.97 Å². The van der Waals surface area contributed by atoms with E-state index in [1.165, 1.54) is 0 Å². The fourth-order valence-corrected chi connectivity index (χ4v) is 1.70. The average Bonchev–Trinajstić information content (AvgIpc) is 2.68. The summed E-state index contributed by atoms with van der Waals surface area (Å²) < 4.78 is 1.86. The number of nitrogens with zero attached hydrogens (tertiary/aromatic N) is 2. The lowest BCUT2D eigenvalue weighted by Crippen LogP contribution is -2.00. The van der Waals surface area contributed by atoms with Gasteiger partial charge in [0, 0.05) is 18.1 Å². The maximum absolute atomic E-state index is 10.9. The number of aromatic nitrogens is 2. The van der Waals surface area contributed by atoms with Crippen molar-refractivity contribution in [3.8, 4) is 0 Å². The maximum atomic E-state index is 10.9. The Morgan fingerprint density at radius 3 is 3.00 bits per heavy atom. The predicted octanol–water partition coefficient (Wildman–Crippen LogP) is 2.38. The van der Waals surface area contributed by atoms with Crippen LogP contribution in [0.15, 0.2) is 24.5 Å². The maximum Gasteiger partial charge on any atom is 0.337 e. The SMILES string of the molecule is CCCCc1cnc2ccc(C(=O)O)cn12. The number of carboxylic acid groups (broad SMARTS) is 1. The zero-order chi connectivity index (χ0) is 11.5. The van der Waals surface area contributed by atoms with Crippen LogP contribution in [0.4, 0.5) is 0 Å². The van der Waals surface area contributed by atoms with Crippen molar-refractivity contribution >= 4 is 11.6 Å². The van der Waals surface area contributed by atoms with Crippen LogP contribution in [-0.4, -0.2) is 20.5 Å². The summed E-state index contributed by atoms with van der Waals surface area (Å²) >= 11 is 0.